The van der Waals surface area contributed by atoms with Gasteiger partial charge in [0.15, 0.2) is 11.6 Å². The number of Topliss-reactive ketones (excluding diaryl/α,β-unsaturated/α-hetero) is 1. The Bertz CT molecular complexity index is 1370. The molecule has 1 aliphatic heterocycles. The van der Waals surface area contributed by atoms with Crippen LogP contribution in [0.4, 0.5) is 0 Å². The van der Waals surface area contributed by atoms with Crippen LogP contribution >= 0.6 is 11.6 Å². The Kier molecular flexibility index (Phi) is 6.86. The molecule has 2 N–H and O–H groups in total. The Balaban J connectivity index is 1.51. The molecule has 0 saturated carbocycles. The molecule has 38 heavy (non-hydrogen) atoms. The van der Waals surface area contributed by atoms with Crippen LogP contribution in [-0.4, -0.2) is 51.0 Å². The number of ketones is 2. The van der Waals surface area contributed by atoms with E-state index in [0.717, 1.165) is 5.57 Å². The number of carbonyl (C=O) groups excluding carboxylic acids is 4. The number of amides is 2. The highest BCUT2D eigenvalue weighted by molar-refractivity contribution is 6.30. The molecule has 4 aliphatic rings. The summed E-state index contributed by atoms with van der Waals surface area (Å²) in [5.41, 5.74) is 2.09. The van der Waals surface area contributed by atoms with Gasteiger partial charge in [-0.25, -0.2) is 0 Å². The van der Waals surface area contributed by atoms with E-state index in [1.165, 1.54) is 23.1 Å². The number of rotatable bonds is 7. The number of phenols is 1. The summed E-state index contributed by atoms with van der Waals surface area (Å²) in [6, 6.07) is 4.56. The number of aliphatic carboxylic acids is 1. The second-order valence-corrected chi connectivity index (χ2v) is 10.9. The van der Waals surface area contributed by atoms with Crippen molar-refractivity contribution in [3.8, 4) is 5.75 Å². The van der Waals surface area contributed by atoms with Crippen molar-refractivity contribution in [2.75, 3.05) is 6.54 Å². The van der Waals surface area contributed by atoms with Crippen molar-refractivity contribution in [2.45, 2.75) is 51.4 Å². The number of allylic oxidation sites excluding steroid dienone is 6. The van der Waals surface area contributed by atoms with E-state index >= 15 is 0 Å². The van der Waals surface area contributed by atoms with E-state index in [1.807, 2.05) is 6.08 Å². The first-order chi connectivity index (χ1) is 18.1. The number of fused-ring (bicyclic) bond motifs is 3. The zero-order valence-corrected chi connectivity index (χ0v) is 21.7. The van der Waals surface area contributed by atoms with Crippen molar-refractivity contribution >= 4 is 41.0 Å². The van der Waals surface area contributed by atoms with Gasteiger partial charge in [-0.2, -0.15) is 0 Å². The van der Waals surface area contributed by atoms with Crippen LogP contribution in [0.2, 0.25) is 5.02 Å². The Hall–Kier alpha value is -3.52. The van der Waals surface area contributed by atoms with Crippen molar-refractivity contribution in [1.29, 1.82) is 0 Å². The maximum absolute atomic E-state index is 13.6. The zero-order chi connectivity index (χ0) is 27.3. The molecule has 3 aliphatic carbocycles. The number of unbranched alkanes of at least 4 members (excludes halogenated alkanes) is 2. The molecule has 2 amide bonds. The second kappa shape index (κ2) is 9.98. The van der Waals surface area contributed by atoms with Crippen LogP contribution < -0.4 is 0 Å². The van der Waals surface area contributed by atoms with Gasteiger partial charge in [-0.05, 0) is 62.8 Å². The lowest BCUT2D eigenvalue weighted by atomic mass is 9.59. The largest absolute Gasteiger partial charge is 0.508 e. The molecule has 0 aromatic heterocycles. The molecular formula is C29H28ClNO7. The van der Waals surface area contributed by atoms with Crippen LogP contribution in [0.1, 0.15) is 56.9 Å². The summed E-state index contributed by atoms with van der Waals surface area (Å²) in [5.74, 6) is -4.53. The summed E-state index contributed by atoms with van der Waals surface area (Å²) in [4.78, 5) is 65.5. The van der Waals surface area contributed by atoms with Gasteiger partial charge in [0.05, 0.1) is 11.8 Å². The quantitative estimate of drug-likeness (QED) is 0.231. The number of carbonyl (C=O) groups is 5. The van der Waals surface area contributed by atoms with Gasteiger partial charge in [0.1, 0.15) is 5.75 Å². The highest BCUT2D eigenvalue weighted by atomic mass is 35.5. The van der Waals surface area contributed by atoms with Gasteiger partial charge in [-0.15, -0.1) is 0 Å². The number of hydrogen-bond acceptors (Lipinski definition) is 6. The van der Waals surface area contributed by atoms with Crippen LogP contribution in [0, 0.1) is 17.8 Å². The monoisotopic (exact) mass is 537 g/mol. The molecule has 198 valence electrons. The number of nitrogens with zero attached hydrogens (tertiary/aromatic N) is 1. The molecule has 0 bridgehead atoms. The van der Waals surface area contributed by atoms with Crippen molar-refractivity contribution in [3.05, 3.63) is 63.2 Å². The predicted molar refractivity (Wildman–Crippen MR) is 137 cm³/mol. The molecule has 1 saturated heterocycles. The number of hydrogen-bond donors (Lipinski definition) is 2. The summed E-state index contributed by atoms with van der Waals surface area (Å²) in [5, 5.41) is 20.0. The molecule has 0 spiro atoms. The van der Waals surface area contributed by atoms with Crippen LogP contribution in [0.5, 0.6) is 5.75 Å². The van der Waals surface area contributed by atoms with Gasteiger partial charge in [-0.3, -0.25) is 28.9 Å². The van der Waals surface area contributed by atoms with E-state index in [2.05, 4.69) is 0 Å². The molecule has 4 unspecified atom stereocenters. The van der Waals surface area contributed by atoms with E-state index in [1.54, 1.807) is 13.0 Å². The van der Waals surface area contributed by atoms with E-state index in [-0.39, 0.29) is 48.5 Å². The number of imide groups is 1. The van der Waals surface area contributed by atoms with Crippen LogP contribution in [-0.2, 0) is 24.0 Å². The van der Waals surface area contributed by atoms with Crippen molar-refractivity contribution in [1.82, 2.24) is 4.90 Å². The number of carboxylic acid groups (broad SMARTS) is 1. The third-order valence-corrected chi connectivity index (χ3v) is 8.46. The van der Waals surface area contributed by atoms with Gasteiger partial charge in [-0.1, -0.05) is 29.7 Å². The molecule has 8 nitrogen and oxygen atoms in total. The Morgan fingerprint density at radius 2 is 1.84 bits per heavy atom. The van der Waals surface area contributed by atoms with Crippen LogP contribution in [0.25, 0.3) is 0 Å². The SMILES string of the molecule is CC1=CC(=O)C2=C(CC3C(=CCC4C(=O)N(CCCCCC(=O)O)C(=O)C43)C2c2cc(Cl)ccc2O)C1=O. The molecule has 9 heteroatoms. The number of carboxylic acids is 1. The summed E-state index contributed by atoms with van der Waals surface area (Å²) < 4.78 is 0. The van der Waals surface area contributed by atoms with Crippen LogP contribution in [0.3, 0.4) is 0 Å². The number of aromatic hydroxyl groups is 1. The molecule has 1 aromatic rings. The van der Waals surface area contributed by atoms with Crippen LogP contribution in [0.15, 0.2) is 52.6 Å². The highest BCUT2D eigenvalue weighted by Crippen LogP contribution is 2.56. The third kappa shape index (κ3) is 4.30. The minimum atomic E-state index is -0.880. The minimum Gasteiger partial charge on any atom is -0.508 e. The fourth-order valence-corrected chi connectivity index (χ4v) is 6.68. The third-order valence-electron chi connectivity index (χ3n) is 8.23. The lowest BCUT2D eigenvalue weighted by molar-refractivity contribution is -0.141. The van der Waals surface area contributed by atoms with E-state index in [4.69, 9.17) is 16.7 Å². The molecular weight excluding hydrogens is 510 g/mol. The molecule has 4 atom stereocenters. The van der Waals surface area contributed by atoms with E-state index in [0.29, 0.717) is 53.0 Å². The van der Waals surface area contributed by atoms with E-state index < -0.39 is 29.6 Å². The number of halogens is 1. The average Bonchev–Trinajstić information content (AvgIpc) is 3.12. The van der Waals surface area contributed by atoms with E-state index in [9.17, 15) is 29.1 Å². The first kappa shape index (κ1) is 26.1. The smallest absolute Gasteiger partial charge is 0.303 e. The fraction of sp³-hybridized carbons (Fsp3) is 0.414. The number of phenolic OH excluding ortho intramolecular Hbond substituents is 1. The van der Waals surface area contributed by atoms with Crippen molar-refractivity contribution in [3.63, 3.8) is 0 Å². The first-order valence-electron chi connectivity index (χ1n) is 12.9. The summed E-state index contributed by atoms with van der Waals surface area (Å²) >= 11 is 6.26. The van der Waals surface area contributed by atoms with Gasteiger partial charge in [0.25, 0.3) is 0 Å². The summed E-state index contributed by atoms with van der Waals surface area (Å²) in [6.45, 7) is 1.80. The zero-order valence-electron chi connectivity index (χ0n) is 20.9. The Morgan fingerprint density at radius 1 is 1.08 bits per heavy atom. The molecule has 5 rings (SSSR count). The Labute approximate surface area is 224 Å². The summed E-state index contributed by atoms with van der Waals surface area (Å²) in [7, 11) is 0. The molecule has 1 aromatic carbocycles. The van der Waals surface area contributed by atoms with Gasteiger partial charge < -0.3 is 10.2 Å². The second-order valence-electron chi connectivity index (χ2n) is 10.5. The maximum atomic E-state index is 13.6. The maximum Gasteiger partial charge on any atom is 0.303 e. The van der Waals surface area contributed by atoms with Gasteiger partial charge >= 0.3 is 5.97 Å². The van der Waals surface area contributed by atoms with Gasteiger partial charge in [0.2, 0.25) is 11.8 Å². The van der Waals surface area contributed by atoms with Crippen molar-refractivity contribution < 1.29 is 34.2 Å². The lowest BCUT2D eigenvalue weighted by Gasteiger charge is -2.42. The topological polar surface area (TPSA) is 129 Å². The normalized spacial score (nSPS) is 26.6. The molecule has 1 heterocycles. The Morgan fingerprint density at radius 3 is 2.58 bits per heavy atom. The van der Waals surface area contributed by atoms with Gasteiger partial charge in [0, 0.05) is 46.2 Å². The molecule has 1 fully saturated rings. The average molecular weight is 538 g/mol. The standard InChI is InChI=1S/C29H28ClNO7/c1-14-11-22(33)26-20(27(14)36)13-18-16(24(26)19-12-15(30)6-9-21(19)32)7-8-17-25(18)29(38)31(28(17)37)10-4-2-3-5-23(34)35/h6-7,9,11-12,17-18,24-25,32H,2-5,8,10,13H2,1H3,(H,34,35). The van der Waals surface area contributed by atoms with Crippen molar-refractivity contribution in [2.24, 2.45) is 17.8 Å². The lowest BCUT2D eigenvalue weighted by Crippen LogP contribution is -2.39. The highest BCUT2D eigenvalue weighted by Gasteiger charge is 2.56. The number of likely N-dealkylation sites (tertiary alicyclic amines) is 1. The minimum absolute atomic E-state index is 0.0400. The fourth-order valence-electron chi connectivity index (χ4n) is 6.50. The number of benzene rings is 1. The first-order valence-corrected chi connectivity index (χ1v) is 13.2. The predicted octanol–water partition coefficient (Wildman–Crippen LogP) is 4.12. The molecule has 0 radical (unpaired) electrons. The summed E-state index contributed by atoms with van der Waals surface area (Å²) in [6.07, 6.45) is 5.30.